The van der Waals surface area contributed by atoms with Crippen molar-refractivity contribution in [3.05, 3.63) is 64.7 Å². The molecule has 2 aliphatic heterocycles. The topological polar surface area (TPSA) is 35.6 Å². The quantitative estimate of drug-likeness (QED) is 0.812. The van der Waals surface area contributed by atoms with Gasteiger partial charge < -0.3 is 10.2 Å². The Morgan fingerprint density at radius 1 is 1.04 bits per heavy atom. The van der Waals surface area contributed by atoms with Gasteiger partial charge in [0, 0.05) is 44.8 Å². The van der Waals surface area contributed by atoms with Gasteiger partial charge in [0.25, 0.3) is 0 Å². The first-order valence-electron chi connectivity index (χ1n) is 10.0. The van der Waals surface area contributed by atoms with Crippen molar-refractivity contribution in [3.8, 4) is 0 Å². The summed E-state index contributed by atoms with van der Waals surface area (Å²) in [6, 6.07) is 14.4. The van der Waals surface area contributed by atoms with E-state index in [0.29, 0.717) is 6.42 Å². The lowest BCUT2D eigenvalue weighted by molar-refractivity contribution is -0.116. The molecule has 0 radical (unpaired) electrons. The normalized spacial score (nSPS) is 17.6. The lowest BCUT2D eigenvalue weighted by atomic mass is 10.00. The number of piperazine rings is 1. The van der Waals surface area contributed by atoms with E-state index in [1.54, 1.807) is 0 Å². The lowest BCUT2D eigenvalue weighted by Crippen LogP contribution is -2.46. The minimum absolute atomic E-state index is 0.116. The van der Waals surface area contributed by atoms with E-state index < -0.39 is 0 Å². The number of benzene rings is 2. The zero-order valence-corrected chi connectivity index (χ0v) is 16.8. The van der Waals surface area contributed by atoms with E-state index in [4.69, 9.17) is 11.6 Å². The first kappa shape index (κ1) is 19.0. The number of rotatable bonds is 5. The van der Waals surface area contributed by atoms with Gasteiger partial charge in [0.05, 0.1) is 10.7 Å². The van der Waals surface area contributed by atoms with Gasteiger partial charge in [-0.15, -0.1) is 0 Å². The van der Waals surface area contributed by atoms with Crippen molar-refractivity contribution in [2.45, 2.75) is 19.3 Å². The van der Waals surface area contributed by atoms with E-state index in [9.17, 15) is 4.79 Å². The Kier molecular flexibility index (Phi) is 5.98. The highest BCUT2D eigenvalue weighted by Crippen LogP contribution is 2.26. The van der Waals surface area contributed by atoms with Crippen LogP contribution in [0.5, 0.6) is 0 Å². The molecule has 0 atom stereocenters. The number of nitrogens with one attached hydrogen (secondary N) is 1. The SMILES string of the molecule is O=C1CCc2cc(C=CCCN3CCN(c4ccccc4Cl)CC3)ccc2N1. The lowest BCUT2D eigenvalue weighted by Gasteiger charge is -2.36. The number of anilines is 2. The number of amides is 1. The molecule has 2 aromatic rings. The minimum atomic E-state index is 0.116. The van der Waals surface area contributed by atoms with Crippen molar-refractivity contribution in [2.24, 2.45) is 0 Å². The number of hydrogen-bond donors (Lipinski definition) is 1. The molecule has 4 rings (SSSR count). The number of para-hydroxylation sites is 1. The predicted molar refractivity (Wildman–Crippen MR) is 117 cm³/mol. The van der Waals surface area contributed by atoms with Gasteiger partial charge in [0.2, 0.25) is 5.91 Å². The molecule has 28 heavy (non-hydrogen) atoms. The summed E-state index contributed by atoms with van der Waals surface area (Å²) in [6.07, 6.45) is 6.90. The van der Waals surface area contributed by atoms with Crippen molar-refractivity contribution in [1.82, 2.24) is 4.90 Å². The number of aryl methyl sites for hydroxylation is 1. The summed E-state index contributed by atoms with van der Waals surface area (Å²) in [4.78, 5) is 16.3. The van der Waals surface area contributed by atoms with Gasteiger partial charge in [-0.3, -0.25) is 9.69 Å². The first-order valence-corrected chi connectivity index (χ1v) is 10.4. The van der Waals surface area contributed by atoms with Crippen molar-refractivity contribution < 1.29 is 4.79 Å². The van der Waals surface area contributed by atoms with Crippen LogP contribution in [0.4, 0.5) is 11.4 Å². The van der Waals surface area contributed by atoms with Crippen LogP contribution in [0.3, 0.4) is 0 Å². The Balaban J connectivity index is 1.24. The summed E-state index contributed by atoms with van der Waals surface area (Å²) in [5.41, 5.74) is 4.55. The third-order valence-electron chi connectivity index (χ3n) is 5.51. The molecule has 0 unspecified atom stereocenters. The molecule has 2 heterocycles. The van der Waals surface area contributed by atoms with Crippen molar-refractivity contribution in [3.63, 3.8) is 0 Å². The predicted octanol–water partition coefficient (Wildman–Crippen LogP) is 4.45. The number of nitrogens with zero attached hydrogens (tertiary/aromatic N) is 2. The van der Waals surface area contributed by atoms with Crippen molar-refractivity contribution >= 4 is 35.0 Å². The van der Waals surface area contributed by atoms with E-state index >= 15 is 0 Å². The fourth-order valence-electron chi connectivity index (χ4n) is 3.90. The Hall–Kier alpha value is -2.30. The van der Waals surface area contributed by atoms with Crippen LogP contribution >= 0.6 is 11.6 Å². The Morgan fingerprint density at radius 2 is 1.86 bits per heavy atom. The molecule has 146 valence electrons. The molecule has 0 saturated carbocycles. The highest BCUT2D eigenvalue weighted by molar-refractivity contribution is 6.33. The van der Waals surface area contributed by atoms with E-state index in [1.165, 1.54) is 11.1 Å². The second-order valence-corrected chi connectivity index (χ2v) is 7.84. The molecule has 0 spiro atoms. The summed E-state index contributed by atoms with van der Waals surface area (Å²) in [7, 11) is 0. The second kappa shape index (κ2) is 8.80. The monoisotopic (exact) mass is 395 g/mol. The zero-order valence-electron chi connectivity index (χ0n) is 16.0. The summed E-state index contributed by atoms with van der Waals surface area (Å²) >= 11 is 6.32. The van der Waals surface area contributed by atoms with Crippen LogP contribution in [-0.2, 0) is 11.2 Å². The van der Waals surface area contributed by atoms with Gasteiger partial charge in [-0.25, -0.2) is 0 Å². The average Bonchev–Trinajstić information content (AvgIpc) is 2.72. The van der Waals surface area contributed by atoms with Crippen LogP contribution in [-0.4, -0.2) is 43.5 Å². The molecule has 0 aromatic heterocycles. The van der Waals surface area contributed by atoms with Crippen molar-refractivity contribution in [2.75, 3.05) is 42.9 Å². The fourth-order valence-corrected chi connectivity index (χ4v) is 4.16. The van der Waals surface area contributed by atoms with E-state index in [0.717, 1.165) is 62.0 Å². The van der Waals surface area contributed by atoms with Gasteiger partial charge in [-0.05, 0) is 48.2 Å². The molecule has 0 bridgehead atoms. The fraction of sp³-hybridized carbons (Fsp3) is 0.348. The number of halogens is 1. The number of fused-ring (bicyclic) bond motifs is 1. The van der Waals surface area contributed by atoms with Crippen LogP contribution < -0.4 is 10.2 Å². The van der Waals surface area contributed by atoms with Crippen molar-refractivity contribution in [1.29, 1.82) is 0 Å². The Bertz CT molecular complexity index is 872. The summed E-state index contributed by atoms with van der Waals surface area (Å²) < 4.78 is 0. The maximum atomic E-state index is 11.5. The molecule has 1 amide bonds. The number of carbonyl (C=O) groups excluding carboxylic acids is 1. The first-order chi connectivity index (χ1) is 13.7. The molecule has 5 heteroatoms. The van der Waals surface area contributed by atoms with Crippen LogP contribution in [0.1, 0.15) is 24.0 Å². The molecule has 2 aromatic carbocycles. The molecular weight excluding hydrogens is 370 g/mol. The van der Waals surface area contributed by atoms with E-state index in [-0.39, 0.29) is 5.91 Å². The molecular formula is C23H26ClN3O. The summed E-state index contributed by atoms with van der Waals surface area (Å²) in [5, 5.41) is 3.77. The Morgan fingerprint density at radius 3 is 2.68 bits per heavy atom. The molecule has 0 aliphatic carbocycles. The van der Waals surface area contributed by atoms with Crippen LogP contribution in [0.2, 0.25) is 5.02 Å². The smallest absolute Gasteiger partial charge is 0.224 e. The third kappa shape index (κ3) is 4.57. The Labute approximate surface area is 171 Å². The molecule has 4 nitrogen and oxygen atoms in total. The van der Waals surface area contributed by atoms with Crippen LogP contribution in [0, 0.1) is 0 Å². The largest absolute Gasteiger partial charge is 0.368 e. The van der Waals surface area contributed by atoms with Gasteiger partial charge in [-0.1, -0.05) is 42.0 Å². The van der Waals surface area contributed by atoms with Crippen LogP contribution in [0.15, 0.2) is 48.5 Å². The highest BCUT2D eigenvalue weighted by Gasteiger charge is 2.18. The molecule has 2 aliphatic rings. The van der Waals surface area contributed by atoms with E-state index in [2.05, 4.69) is 45.5 Å². The average molecular weight is 396 g/mol. The maximum absolute atomic E-state index is 11.5. The summed E-state index contributed by atoms with van der Waals surface area (Å²) in [5.74, 6) is 0.116. The highest BCUT2D eigenvalue weighted by atomic mass is 35.5. The molecule has 1 N–H and O–H groups in total. The number of hydrogen-bond acceptors (Lipinski definition) is 3. The molecule has 1 fully saturated rings. The molecule has 1 saturated heterocycles. The van der Waals surface area contributed by atoms with Gasteiger partial charge in [0.1, 0.15) is 0 Å². The second-order valence-electron chi connectivity index (χ2n) is 7.44. The standard InChI is InChI=1S/C23H26ClN3O/c24-20-6-1-2-7-22(20)27-15-13-26(14-16-27)12-4-3-5-18-8-10-21-19(17-18)9-11-23(28)25-21/h1-3,5-8,10,17H,4,9,11-16H2,(H,25,28). The third-order valence-corrected chi connectivity index (χ3v) is 5.83. The minimum Gasteiger partial charge on any atom is -0.368 e. The zero-order chi connectivity index (χ0) is 19.3. The number of carbonyl (C=O) groups is 1. The van der Waals surface area contributed by atoms with Gasteiger partial charge >= 0.3 is 0 Å². The van der Waals surface area contributed by atoms with Gasteiger partial charge in [0.15, 0.2) is 0 Å². The maximum Gasteiger partial charge on any atom is 0.224 e. The van der Waals surface area contributed by atoms with Crippen LogP contribution in [0.25, 0.3) is 6.08 Å². The van der Waals surface area contributed by atoms with E-state index in [1.807, 2.05) is 24.3 Å². The van der Waals surface area contributed by atoms with Gasteiger partial charge in [-0.2, -0.15) is 0 Å². The summed E-state index contributed by atoms with van der Waals surface area (Å²) in [6.45, 7) is 5.25.